The van der Waals surface area contributed by atoms with E-state index in [1.807, 2.05) is 107 Å². The number of nitriles is 2. The van der Waals surface area contributed by atoms with Gasteiger partial charge in [0, 0.05) is 22.3 Å². The highest BCUT2D eigenvalue weighted by molar-refractivity contribution is 5.90. The molecule has 0 radical (unpaired) electrons. The Hall–Kier alpha value is -11.6. The van der Waals surface area contributed by atoms with Crippen molar-refractivity contribution in [3.8, 4) is 103 Å². The summed E-state index contributed by atoms with van der Waals surface area (Å²) in [7, 11) is 0. The van der Waals surface area contributed by atoms with Gasteiger partial charge in [-0.05, 0) is 212 Å². The second-order valence-electron chi connectivity index (χ2n) is 23.2. The lowest BCUT2D eigenvalue weighted by molar-refractivity contribution is 0.830. The van der Waals surface area contributed by atoms with E-state index in [0.29, 0.717) is 17.5 Å². The molecule has 0 saturated heterocycles. The first kappa shape index (κ1) is 68.8. The smallest absolute Gasteiger partial charge is 0.100 e. The molecule has 0 spiro atoms. The van der Waals surface area contributed by atoms with Gasteiger partial charge in [-0.15, -0.1) is 12.8 Å². The first-order valence-electron chi connectivity index (χ1n) is 33.6. The molecule has 0 aromatic heterocycles. The number of benzene rings is 9. The Balaban J connectivity index is 0.00000175. The van der Waals surface area contributed by atoms with Crippen LogP contribution in [0.4, 0.5) is 0 Å². The predicted octanol–water partition coefficient (Wildman–Crippen LogP) is 25.6. The maximum absolute atomic E-state index is 11.0. The molecule has 0 amide bonds. The summed E-state index contributed by atoms with van der Waals surface area (Å²) in [5.41, 5.74) is 25.9. The molecule has 0 aliphatic heterocycles. The van der Waals surface area contributed by atoms with Gasteiger partial charge in [-0.2, -0.15) is 10.5 Å². The normalized spacial score (nSPS) is 13.7. The molecule has 3 aliphatic carbocycles. The molecule has 470 valence electrons. The Bertz CT molecular complexity index is 4490. The second-order valence-corrected chi connectivity index (χ2v) is 23.2. The fraction of sp³-hybridized carbons (Fsp3) is 0.128. The summed E-state index contributed by atoms with van der Waals surface area (Å²) < 4.78 is 0. The molecule has 0 heterocycles. The van der Waals surface area contributed by atoms with Crippen LogP contribution in [0.25, 0.3) is 83.5 Å². The third kappa shape index (κ3) is 17.3. The third-order valence-corrected chi connectivity index (χ3v) is 17.2. The topological polar surface area (TPSA) is 47.6 Å². The van der Waals surface area contributed by atoms with Crippen LogP contribution in [0.5, 0.6) is 0 Å². The lowest BCUT2D eigenvalue weighted by Gasteiger charge is -2.20. The van der Waals surface area contributed by atoms with Crippen molar-refractivity contribution in [1.82, 2.24) is 0 Å². The van der Waals surface area contributed by atoms with Crippen LogP contribution in [0.1, 0.15) is 89.0 Å². The van der Waals surface area contributed by atoms with Crippen molar-refractivity contribution in [1.29, 1.82) is 10.5 Å². The van der Waals surface area contributed by atoms with Crippen LogP contribution in [-0.2, 0) is 6.42 Å². The number of nitrogens with zero attached hydrogens (tertiary/aromatic N) is 2. The van der Waals surface area contributed by atoms with Gasteiger partial charge < -0.3 is 0 Å². The average molecular weight is 1240 g/mol. The SMILES string of the molecule is C#C.C=CC(=C\C(=C/Cc1cc(-c2ccccc2)c(C#N)c(-c2ccccc2)c1)C1=CCCC(C2=CC=CCC2)=C1)/C(=C/CC1C=CC=CC=C1)/C=C(\C)c1cc(-c2cccc(-c3ccccc3)c2)cc(-c2cc(-c3ccccc3)c(C#N)c(-c3ccccc3)c2)c1.CC.CC. The van der Waals surface area contributed by atoms with E-state index >= 15 is 0 Å². The lowest BCUT2D eigenvalue weighted by Crippen LogP contribution is -2.01. The molecule has 12 rings (SSSR count). The van der Waals surface area contributed by atoms with Crippen LogP contribution in [0.2, 0.25) is 0 Å². The maximum Gasteiger partial charge on any atom is 0.100 e. The third-order valence-electron chi connectivity index (χ3n) is 17.2. The first-order valence-corrected chi connectivity index (χ1v) is 33.6. The fourth-order valence-electron chi connectivity index (χ4n) is 12.5. The summed E-state index contributed by atoms with van der Waals surface area (Å²) in [6, 6.07) is 81.7. The zero-order valence-electron chi connectivity index (χ0n) is 56.1. The minimum absolute atomic E-state index is 0.184. The van der Waals surface area contributed by atoms with Crippen LogP contribution < -0.4 is 0 Å². The van der Waals surface area contributed by atoms with Gasteiger partial charge in [0.15, 0.2) is 0 Å². The molecule has 0 saturated carbocycles. The molecule has 0 bridgehead atoms. The van der Waals surface area contributed by atoms with Crippen molar-refractivity contribution < 1.29 is 0 Å². The summed E-state index contributed by atoms with van der Waals surface area (Å²) in [5.74, 6) is 0.184. The van der Waals surface area contributed by atoms with Gasteiger partial charge in [-0.3, -0.25) is 0 Å². The summed E-state index contributed by atoms with van der Waals surface area (Å²) >= 11 is 0. The Morgan fingerprint density at radius 1 is 0.469 bits per heavy atom. The Labute approximate surface area is 572 Å². The predicted molar refractivity (Wildman–Crippen MR) is 412 cm³/mol. The maximum atomic E-state index is 11.0. The Morgan fingerprint density at radius 2 is 0.917 bits per heavy atom. The van der Waals surface area contributed by atoms with E-state index in [4.69, 9.17) is 0 Å². The van der Waals surface area contributed by atoms with Crippen molar-refractivity contribution in [2.75, 3.05) is 0 Å². The molecule has 0 unspecified atom stereocenters. The summed E-state index contributed by atoms with van der Waals surface area (Å²) in [4.78, 5) is 0. The van der Waals surface area contributed by atoms with Gasteiger partial charge >= 0.3 is 0 Å². The average Bonchev–Trinajstić information content (AvgIpc) is 0.796. The van der Waals surface area contributed by atoms with E-state index < -0.39 is 0 Å². The van der Waals surface area contributed by atoms with Crippen molar-refractivity contribution in [2.24, 2.45) is 5.92 Å². The van der Waals surface area contributed by atoms with Crippen LogP contribution in [0.15, 0.2) is 356 Å². The highest BCUT2D eigenvalue weighted by Gasteiger charge is 2.20. The van der Waals surface area contributed by atoms with Gasteiger partial charge in [0.25, 0.3) is 0 Å². The van der Waals surface area contributed by atoms with E-state index in [0.717, 1.165) is 143 Å². The van der Waals surface area contributed by atoms with Crippen molar-refractivity contribution in [3.05, 3.63) is 378 Å². The fourth-order valence-corrected chi connectivity index (χ4v) is 12.5. The minimum atomic E-state index is 0.184. The van der Waals surface area contributed by atoms with Gasteiger partial charge in [0.2, 0.25) is 0 Å². The molecule has 2 heteroatoms. The Morgan fingerprint density at radius 3 is 1.41 bits per heavy atom. The van der Waals surface area contributed by atoms with Crippen molar-refractivity contribution in [3.63, 3.8) is 0 Å². The van der Waals surface area contributed by atoms with E-state index in [-0.39, 0.29) is 5.92 Å². The summed E-state index contributed by atoms with van der Waals surface area (Å²) in [6.45, 7) is 14.8. The van der Waals surface area contributed by atoms with Gasteiger partial charge in [-0.1, -0.05) is 295 Å². The molecule has 96 heavy (non-hydrogen) atoms. The Kier molecular flexibility index (Phi) is 25.4. The van der Waals surface area contributed by atoms with E-state index in [2.05, 4.69) is 275 Å². The second kappa shape index (κ2) is 35.4. The van der Waals surface area contributed by atoms with Gasteiger partial charge in [0.1, 0.15) is 12.1 Å². The molecule has 2 nitrogen and oxygen atoms in total. The van der Waals surface area contributed by atoms with Crippen molar-refractivity contribution in [2.45, 2.75) is 73.1 Å². The molecule has 9 aromatic rings. The minimum Gasteiger partial charge on any atom is -0.192 e. The number of rotatable bonds is 18. The van der Waals surface area contributed by atoms with Crippen LogP contribution in [0, 0.1) is 41.4 Å². The number of allylic oxidation sites excluding steroid dienone is 23. The molecule has 0 atom stereocenters. The number of hydrogen-bond donors (Lipinski definition) is 0. The van der Waals surface area contributed by atoms with Crippen LogP contribution in [-0.4, -0.2) is 0 Å². The molecule has 9 aromatic carbocycles. The summed E-state index contributed by atoms with van der Waals surface area (Å²) in [6.07, 6.45) is 49.5. The molecular formula is C94H84N2. The van der Waals surface area contributed by atoms with Crippen LogP contribution >= 0.6 is 0 Å². The van der Waals surface area contributed by atoms with Crippen LogP contribution in [0.3, 0.4) is 0 Å². The highest BCUT2D eigenvalue weighted by Crippen LogP contribution is 2.42. The quantitative estimate of drug-likeness (QED) is 0.0635. The van der Waals surface area contributed by atoms with E-state index in [9.17, 15) is 10.5 Å². The summed E-state index contributed by atoms with van der Waals surface area (Å²) in [5, 5.41) is 21.8. The standard InChI is InChI=1S/C88H70N2.2C2H6.C2H2/c1-3-66(53-78(75-44-26-42-73(54-75)67-30-14-6-15-31-67)49-47-65-51-83(69-34-18-8-19-35-69)87(61-89)84(52-65)70-36-20-9-21-37-70)77(48-46-64-28-12-4-5-13-29-64)50-63(2)79-56-80(76-45-27-43-74(55-76)68-32-16-7-17-33-68)58-81(57-79)82-59-85(71-38-22-10-23-39-71)88(62-90)86(60-82)72-40-24-11-25-41-72;3*1-2/h3-14,16-25,27-30,32-41,43-45,48-60,64H,1,15,26,31,42,46-47H2,2H3;2*1-2H3;1-2H/b63-50+,66-53+,77-48+,78-49+;;;. The molecular weight excluding hydrogens is 1160 g/mol. The van der Waals surface area contributed by atoms with Gasteiger partial charge in [-0.25, -0.2) is 0 Å². The number of hydrogen-bond acceptors (Lipinski definition) is 2. The van der Waals surface area contributed by atoms with Crippen molar-refractivity contribution >= 4 is 5.57 Å². The monoisotopic (exact) mass is 1240 g/mol. The van der Waals surface area contributed by atoms with E-state index in [1.54, 1.807) is 0 Å². The highest BCUT2D eigenvalue weighted by atomic mass is 14.3. The first-order chi connectivity index (χ1) is 47.4. The molecule has 0 N–H and O–H groups in total. The largest absolute Gasteiger partial charge is 0.192 e. The molecule has 0 fully saturated rings. The molecule has 3 aliphatic rings. The zero-order valence-corrected chi connectivity index (χ0v) is 56.1. The number of terminal acetylenes is 1. The van der Waals surface area contributed by atoms with Gasteiger partial charge in [0.05, 0.1) is 11.1 Å². The lowest BCUT2D eigenvalue weighted by atomic mass is 9.85. The van der Waals surface area contributed by atoms with E-state index in [1.165, 1.54) is 16.7 Å². The zero-order chi connectivity index (χ0) is 67.4.